The Morgan fingerprint density at radius 1 is 1.18 bits per heavy atom. The molecule has 1 N–H and O–H groups in total. The molecule has 22 heavy (non-hydrogen) atoms. The molecule has 2 aromatic rings. The van der Waals surface area contributed by atoms with Gasteiger partial charge in [0.15, 0.2) is 11.8 Å². The summed E-state index contributed by atoms with van der Waals surface area (Å²) in [6.07, 6.45) is 1.79. The van der Waals surface area contributed by atoms with Gasteiger partial charge >= 0.3 is 5.97 Å². The molecule has 0 aliphatic carbocycles. The van der Waals surface area contributed by atoms with Crippen LogP contribution < -0.4 is 5.32 Å². The van der Waals surface area contributed by atoms with Gasteiger partial charge in [0, 0.05) is 16.9 Å². The van der Waals surface area contributed by atoms with Gasteiger partial charge in [-0.1, -0.05) is 11.6 Å². The van der Waals surface area contributed by atoms with Crippen LogP contribution in [0.5, 0.6) is 0 Å². The van der Waals surface area contributed by atoms with Crippen molar-refractivity contribution in [3.05, 3.63) is 53.1 Å². The highest BCUT2D eigenvalue weighted by Gasteiger charge is 2.20. The minimum Gasteiger partial charge on any atom is -0.448 e. The van der Waals surface area contributed by atoms with Gasteiger partial charge in [0.25, 0.3) is 5.91 Å². The van der Waals surface area contributed by atoms with Crippen LogP contribution in [-0.2, 0) is 9.53 Å². The van der Waals surface area contributed by atoms with E-state index in [1.807, 2.05) is 0 Å². The van der Waals surface area contributed by atoms with Gasteiger partial charge in [-0.2, -0.15) is 0 Å². The zero-order valence-electron chi connectivity index (χ0n) is 12.0. The summed E-state index contributed by atoms with van der Waals surface area (Å²) < 4.78 is 5.05. The van der Waals surface area contributed by atoms with E-state index in [4.69, 9.17) is 16.3 Å². The Morgan fingerprint density at radius 3 is 2.45 bits per heavy atom. The lowest BCUT2D eigenvalue weighted by molar-refractivity contribution is -0.123. The zero-order valence-corrected chi connectivity index (χ0v) is 12.8. The molecular formula is C15H14ClN3O3. The van der Waals surface area contributed by atoms with Gasteiger partial charge in [-0.15, -0.1) is 0 Å². The van der Waals surface area contributed by atoms with E-state index in [0.717, 1.165) is 0 Å². The Balaban J connectivity index is 1.94. The van der Waals surface area contributed by atoms with Gasteiger partial charge in [0.05, 0.1) is 11.9 Å². The molecule has 0 spiro atoms. The molecule has 1 atom stereocenters. The molecular weight excluding hydrogens is 306 g/mol. The SMILES string of the molecule is Cc1cnc(C(=O)O[C@H](C)C(=O)Nc2ccc(Cl)cc2)cn1. The fourth-order valence-electron chi connectivity index (χ4n) is 1.55. The number of anilines is 1. The van der Waals surface area contributed by atoms with E-state index < -0.39 is 18.0 Å². The van der Waals surface area contributed by atoms with E-state index in [0.29, 0.717) is 16.4 Å². The number of halogens is 1. The highest BCUT2D eigenvalue weighted by molar-refractivity contribution is 6.30. The number of aryl methyl sites for hydroxylation is 1. The summed E-state index contributed by atoms with van der Waals surface area (Å²) in [7, 11) is 0. The first-order valence-corrected chi connectivity index (χ1v) is 6.89. The molecule has 1 aromatic heterocycles. The monoisotopic (exact) mass is 319 g/mol. The molecule has 1 heterocycles. The number of amides is 1. The minimum absolute atomic E-state index is 0.0525. The number of nitrogens with zero attached hydrogens (tertiary/aromatic N) is 2. The number of esters is 1. The lowest BCUT2D eigenvalue weighted by atomic mass is 10.3. The van der Waals surface area contributed by atoms with Crippen LogP contribution >= 0.6 is 11.6 Å². The molecule has 0 unspecified atom stereocenters. The fraction of sp³-hybridized carbons (Fsp3) is 0.200. The Labute approximate surface area is 132 Å². The van der Waals surface area contributed by atoms with E-state index in [9.17, 15) is 9.59 Å². The van der Waals surface area contributed by atoms with Gasteiger partial charge in [0.1, 0.15) is 0 Å². The smallest absolute Gasteiger partial charge is 0.359 e. The Hall–Kier alpha value is -2.47. The van der Waals surface area contributed by atoms with Crippen LogP contribution in [0.25, 0.3) is 0 Å². The first-order chi connectivity index (χ1) is 10.5. The highest BCUT2D eigenvalue weighted by Crippen LogP contribution is 2.14. The molecule has 0 saturated carbocycles. The van der Waals surface area contributed by atoms with Crippen molar-refractivity contribution >= 4 is 29.2 Å². The second-order valence-electron chi connectivity index (χ2n) is 4.59. The van der Waals surface area contributed by atoms with Crippen molar-refractivity contribution in [1.29, 1.82) is 0 Å². The van der Waals surface area contributed by atoms with E-state index in [2.05, 4.69) is 15.3 Å². The summed E-state index contributed by atoms with van der Waals surface area (Å²) in [4.78, 5) is 31.7. The van der Waals surface area contributed by atoms with Crippen LogP contribution in [0.3, 0.4) is 0 Å². The Bertz CT molecular complexity index is 671. The van der Waals surface area contributed by atoms with Crippen LogP contribution in [0.4, 0.5) is 5.69 Å². The molecule has 0 aliphatic rings. The third-order valence-corrected chi connectivity index (χ3v) is 3.01. The molecule has 0 radical (unpaired) electrons. The van der Waals surface area contributed by atoms with Gasteiger partial charge in [0.2, 0.25) is 0 Å². The molecule has 0 bridgehead atoms. The number of hydrogen-bond acceptors (Lipinski definition) is 5. The molecule has 0 aliphatic heterocycles. The highest BCUT2D eigenvalue weighted by atomic mass is 35.5. The van der Waals surface area contributed by atoms with Gasteiger partial charge in [-0.25, -0.2) is 9.78 Å². The first kappa shape index (κ1) is 15.9. The second-order valence-corrected chi connectivity index (χ2v) is 5.02. The maximum atomic E-state index is 12.0. The molecule has 0 fully saturated rings. The van der Waals surface area contributed by atoms with Crippen molar-refractivity contribution in [2.75, 3.05) is 5.32 Å². The number of carbonyl (C=O) groups is 2. The van der Waals surface area contributed by atoms with Gasteiger partial charge < -0.3 is 10.1 Å². The normalized spacial score (nSPS) is 11.6. The fourth-order valence-corrected chi connectivity index (χ4v) is 1.68. The standard InChI is InChI=1S/C15H14ClN3O3/c1-9-7-18-13(8-17-9)15(21)22-10(2)14(20)19-12-5-3-11(16)4-6-12/h3-8,10H,1-2H3,(H,19,20)/t10-/m1/s1. The largest absolute Gasteiger partial charge is 0.448 e. The quantitative estimate of drug-likeness (QED) is 0.876. The van der Waals surface area contributed by atoms with Crippen LogP contribution in [0.2, 0.25) is 5.02 Å². The van der Waals surface area contributed by atoms with E-state index in [1.165, 1.54) is 19.3 Å². The predicted molar refractivity (Wildman–Crippen MR) is 81.7 cm³/mol. The zero-order chi connectivity index (χ0) is 16.1. The summed E-state index contributed by atoms with van der Waals surface area (Å²) in [5.74, 6) is -1.15. The molecule has 2 rings (SSSR count). The number of rotatable bonds is 4. The molecule has 1 aromatic carbocycles. The predicted octanol–water partition coefficient (Wildman–Crippen LogP) is 2.62. The summed E-state index contributed by atoms with van der Waals surface area (Å²) >= 11 is 5.76. The number of ether oxygens (including phenoxy) is 1. The third-order valence-electron chi connectivity index (χ3n) is 2.75. The Kier molecular flexibility index (Phi) is 5.06. The summed E-state index contributed by atoms with van der Waals surface area (Å²) in [6, 6.07) is 6.60. The van der Waals surface area contributed by atoms with Crippen molar-refractivity contribution in [1.82, 2.24) is 9.97 Å². The van der Waals surface area contributed by atoms with Crippen molar-refractivity contribution < 1.29 is 14.3 Å². The molecule has 6 nitrogen and oxygen atoms in total. The summed E-state index contributed by atoms with van der Waals surface area (Å²) in [6.45, 7) is 3.23. The number of benzene rings is 1. The van der Waals surface area contributed by atoms with Gasteiger partial charge in [-0.05, 0) is 38.1 Å². The number of nitrogens with one attached hydrogen (secondary N) is 1. The Morgan fingerprint density at radius 2 is 1.86 bits per heavy atom. The lowest BCUT2D eigenvalue weighted by Crippen LogP contribution is -2.30. The third kappa shape index (κ3) is 4.26. The van der Waals surface area contributed by atoms with Crippen molar-refractivity contribution in [2.45, 2.75) is 20.0 Å². The van der Waals surface area contributed by atoms with E-state index in [-0.39, 0.29) is 5.69 Å². The second kappa shape index (κ2) is 7.00. The van der Waals surface area contributed by atoms with Crippen LogP contribution in [0.15, 0.2) is 36.7 Å². The van der Waals surface area contributed by atoms with Crippen molar-refractivity contribution in [3.8, 4) is 0 Å². The lowest BCUT2D eigenvalue weighted by Gasteiger charge is -2.13. The van der Waals surface area contributed by atoms with E-state index in [1.54, 1.807) is 31.2 Å². The number of hydrogen-bond donors (Lipinski definition) is 1. The van der Waals surface area contributed by atoms with Gasteiger partial charge in [-0.3, -0.25) is 9.78 Å². The number of aromatic nitrogens is 2. The summed E-state index contributed by atoms with van der Waals surface area (Å²) in [5, 5.41) is 3.19. The maximum absolute atomic E-state index is 12.0. The van der Waals surface area contributed by atoms with Crippen LogP contribution in [0.1, 0.15) is 23.1 Å². The topological polar surface area (TPSA) is 81.2 Å². The average molecular weight is 320 g/mol. The first-order valence-electron chi connectivity index (χ1n) is 6.52. The molecule has 7 heteroatoms. The number of carbonyl (C=O) groups excluding carboxylic acids is 2. The van der Waals surface area contributed by atoms with Crippen LogP contribution in [-0.4, -0.2) is 27.9 Å². The maximum Gasteiger partial charge on any atom is 0.359 e. The van der Waals surface area contributed by atoms with Crippen molar-refractivity contribution in [2.24, 2.45) is 0 Å². The summed E-state index contributed by atoms with van der Waals surface area (Å²) in [5.41, 5.74) is 1.30. The van der Waals surface area contributed by atoms with Crippen molar-refractivity contribution in [3.63, 3.8) is 0 Å². The molecule has 114 valence electrons. The molecule has 0 saturated heterocycles. The minimum atomic E-state index is -0.966. The average Bonchev–Trinajstić information content (AvgIpc) is 2.50. The molecule has 1 amide bonds. The van der Waals surface area contributed by atoms with Crippen LogP contribution in [0, 0.1) is 6.92 Å². The van der Waals surface area contributed by atoms with E-state index >= 15 is 0 Å².